The molecule has 0 bridgehead atoms. The number of hydrogen-bond donors (Lipinski definition) is 1. The first-order valence-electron chi connectivity index (χ1n) is 5.89. The zero-order chi connectivity index (χ0) is 16.6. The van der Waals surface area contributed by atoms with Gasteiger partial charge in [0.25, 0.3) is 5.09 Å². The smallest absolute Gasteiger partial charge is 0.329 e. The van der Waals surface area contributed by atoms with Crippen LogP contribution in [0.1, 0.15) is 20.8 Å². The van der Waals surface area contributed by atoms with Crippen molar-refractivity contribution in [1.82, 2.24) is 5.32 Å². The lowest BCUT2D eigenvalue weighted by Crippen LogP contribution is -2.43. The monoisotopic (exact) mass is 322 g/mol. The summed E-state index contributed by atoms with van der Waals surface area (Å²) in [6, 6.07) is -0.964. The van der Waals surface area contributed by atoms with E-state index in [4.69, 9.17) is 0 Å². The Morgan fingerprint density at radius 2 is 1.95 bits per heavy atom. The van der Waals surface area contributed by atoms with Crippen molar-refractivity contribution >= 4 is 28.8 Å². The Hall–Kier alpha value is -1.84. The Labute approximate surface area is 125 Å². The Morgan fingerprint density at radius 3 is 2.38 bits per heavy atom. The van der Waals surface area contributed by atoms with Gasteiger partial charge in [0.15, 0.2) is 5.12 Å². The van der Waals surface area contributed by atoms with Crippen LogP contribution < -0.4 is 5.32 Å². The van der Waals surface area contributed by atoms with Crippen LogP contribution in [0.5, 0.6) is 0 Å². The SMILES string of the molecule is COC(=O)[C@H](CSC(=O)C(C)(C)CO[N+](=O)[O-])NC(C)=O. The van der Waals surface area contributed by atoms with Gasteiger partial charge in [0.05, 0.1) is 12.5 Å². The normalized spacial score (nSPS) is 12.2. The second kappa shape index (κ2) is 8.45. The van der Waals surface area contributed by atoms with Gasteiger partial charge in [-0.05, 0) is 0 Å². The first-order valence-corrected chi connectivity index (χ1v) is 6.88. The number of carbonyl (C=O) groups is 3. The molecule has 0 radical (unpaired) electrons. The van der Waals surface area contributed by atoms with Gasteiger partial charge in [0.1, 0.15) is 12.6 Å². The Morgan fingerprint density at radius 1 is 1.38 bits per heavy atom. The second-order valence-electron chi connectivity index (χ2n) is 4.76. The number of nitrogens with one attached hydrogen (secondary N) is 1. The van der Waals surface area contributed by atoms with Crippen molar-refractivity contribution in [2.24, 2.45) is 5.41 Å². The highest BCUT2D eigenvalue weighted by atomic mass is 32.2. The molecule has 0 aromatic carbocycles. The molecule has 0 heterocycles. The van der Waals surface area contributed by atoms with E-state index in [0.29, 0.717) is 0 Å². The van der Waals surface area contributed by atoms with Crippen LogP contribution in [0.2, 0.25) is 0 Å². The summed E-state index contributed by atoms with van der Waals surface area (Å²) >= 11 is 0.772. The highest BCUT2D eigenvalue weighted by Crippen LogP contribution is 2.25. The molecular formula is C11H18N2O7S. The van der Waals surface area contributed by atoms with Crippen molar-refractivity contribution in [3.05, 3.63) is 10.1 Å². The Kier molecular flexibility index (Phi) is 7.71. The van der Waals surface area contributed by atoms with E-state index in [-0.39, 0.29) is 5.75 Å². The average molecular weight is 322 g/mol. The highest BCUT2D eigenvalue weighted by Gasteiger charge is 2.31. The summed E-state index contributed by atoms with van der Waals surface area (Å²) in [5.41, 5.74) is -1.10. The molecule has 0 spiro atoms. The lowest BCUT2D eigenvalue weighted by Gasteiger charge is -2.22. The standard InChI is InChI=1S/C11H18N2O7S/c1-7(14)12-8(9(15)19-4)5-21-10(16)11(2,3)6-20-13(17)18/h8H,5-6H2,1-4H3,(H,12,14)/t8-/m0/s1. The van der Waals surface area contributed by atoms with Gasteiger partial charge in [-0.25, -0.2) is 4.79 Å². The molecule has 0 aliphatic heterocycles. The van der Waals surface area contributed by atoms with Gasteiger partial charge in [-0.3, -0.25) is 9.59 Å². The van der Waals surface area contributed by atoms with Gasteiger partial charge >= 0.3 is 5.97 Å². The molecule has 1 amide bonds. The molecule has 0 fully saturated rings. The molecule has 9 nitrogen and oxygen atoms in total. The van der Waals surface area contributed by atoms with Gasteiger partial charge in [-0.2, -0.15) is 0 Å². The Balaban J connectivity index is 4.56. The molecule has 10 heteroatoms. The zero-order valence-electron chi connectivity index (χ0n) is 12.2. The third-order valence-corrected chi connectivity index (χ3v) is 3.64. The molecule has 1 N–H and O–H groups in total. The lowest BCUT2D eigenvalue weighted by molar-refractivity contribution is -0.760. The van der Waals surface area contributed by atoms with Gasteiger partial charge in [-0.1, -0.05) is 25.6 Å². The number of esters is 1. The molecule has 0 saturated carbocycles. The number of amides is 1. The molecule has 120 valence electrons. The summed E-state index contributed by atoms with van der Waals surface area (Å²) in [4.78, 5) is 48.7. The van der Waals surface area contributed by atoms with E-state index in [1.807, 2.05) is 0 Å². The molecule has 0 rings (SSSR count). The molecule has 0 aliphatic carbocycles. The number of methoxy groups -OCH3 is 1. The summed E-state index contributed by atoms with van der Waals surface area (Å²) in [6.07, 6.45) is 0. The minimum Gasteiger partial charge on any atom is -0.467 e. The van der Waals surface area contributed by atoms with Gasteiger partial charge in [-0.15, -0.1) is 10.1 Å². The zero-order valence-corrected chi connectivity index (χ0v) is 13.0. The van der Waals surface area contributed by atoms with E-state index in [1.165, 1.54) is 27.9 Å². The fraction of sp³-hybridized carbons (Fsp3) is 0.727. The molecule has 0 aromatic heterocycles. The van der Waals surface area contributed by atoms with Crippen LogP contribution in [0.4, 0.5) is 0 Å². The van der Waals surface area contributed by atoms with Crippen molar-refractivity contribution in [2.75, 3.05) is 19.5 Å². The second-order valence-corrected chi connectivity index (χ2v) is 5.75. The minimum atomic E-state index is -1.10. The van der Waals surface area contributed by atoms with E-state index in [0.717, 1.165) is 11.8 Å². The minimum absolute atomic E-state index is 0.0347. The molecule has 0 aliphatic rings. The van der Waals surface area contributed by atoms with Crippen molar-refractivity contribution in [3.8, 4) is 0 Å². The fourth-order valence-electron chi connectivity index (χ4n) is 1.18. The van der Waals surface area contributed by atoms with Crippen LogP contribution in [0.15, 0.2) is 0 Å². The van der Waals surface area contributed by atoms with Gasteiger partial charge in [0, 0.05) is 12.7 Å². The molecular weight excluding hydrogens is 304 g/mol. The summed E-state index contributed by atoms with van der Waals surface area (Å²) < 4.78 is 4.52. The van der Waals surface area contributed by atoms with Crippen molar-refractivity contribution < 1.29 is 29.0 Å². The average Bonchev–Trinajstić information content (AvgIpc) is 2.39. The highest BCUT2D eigenvalue weighted by molar-refractivity contribution is 8.13. The predicted molar refractivity (Wildman–Crippen MR) is 73.8 cm³/mol. The summed E-state index contributed by atoms with van der Waals surface area (Å²) in [5.74, 6) is -1.15. The van der Waals surface area contributed by atoms with Gasteiger partial charge < -0.3 is 14.9 Å². The molecule has 21 heavy (non-hydrogen) atoms. The lowest BCUT2D eigenvalue weighted by atomic mass is 9.97. The van der Waals surface area contributed by atoms with E-state index in [2.05, 4.69) is 14.9 Å². The van der Waals surface area contributed by atoms with E-state index >= 15 is 0 Å². The fourth-order valence-corrected chi connectivity index (χ4v) is 2.17. The number of thioether (sulfide) groups is 1. The quantitative estimate of drug-likeness (QED) is 0.380. The van der Waals surface area contributed by atoms with Crippen LogP contribution in [-0.4, -0.2) is 47.6 Å². The maximum absolute atomic E-state index is 12.0. The number of carbonyl (C=O) groups excluding carboxylic acids is 3. The number of hydrogen-bond acceptors (Lipinski definition) is 8. The summed E-state index contributed by atoms with van der Waals surface area (Å²) in [5, 5.41) is 11.1. The molecule has 0 saturated heterocycles. The van der Waals surface area contributed by atoms with Crippen molar-refractivity contribution in [1.29, 1.82) is 0 Å². The third-order valence-electron chi connectivity index (χ3n) is 2.33. The first kappa shape index (κ1) is 19.2. The Bertz CT molecular complexity index is 425. The number of nitrogens with zero attached hydrogens (tertiary/aromatic N) is 1. The van der Waals surface area contributed by atoms with E-state index < -0.39 is 40.1 Å². The van der Waals surface area contributed by atoms with Crippen LogP contribution in [-0.2, 0) is 24.0 Å². The van der Waals surface area contributed by atoms with Crippen LogP contribution in [0.25, 0.3) is 0 Å². The van der Waals surface area contributed by atoms with Gasteiger partial charge in [0.2, 0.25) is 5.91 Å². The van der Waals surface area contributed by atoms with Crippen molar-refractivity contribution in [2.45, 2.75) is 26.8 Å². The topological polar surface area (TPSA) is 125 Å². The first-order chi connectivity index (χ1) is 9.60. The number of rotatable bonds is 8. The molecule has 0 unspecified atom stereocenters. The maximum Gasteiger partial charge on any atom is 0.329 e. The van der Waals surface area contributed by atoms with Crippen LogP contribution in [0, 0.1) is 15.5 Å². The molecule has 1 atom stereocenters. The predicted octanol–water partition coefficient (Wildman–Crippen LogP) is 0.158. The maximum atomic E-state index is 12.0. The van der Waals surface area contributed by atoms with Crippen LogP contribution in [0.3, 0.4) is 0 Å². The van der Waals surface area contributed by atoms with Crippen LogP contribution >= 0.6 is 11.8 Å². The van der Waals surface area contributed by atoms with Crippen molar-refractivity contribution in [3.63, 3.8) is 0 Å². The van der Waals surface area contributed by atoms with E-state index in [1.54, 1.807) is 0 Å². The largest absolute Gasteiger partial charge is 0.467 e. The number of ether oxygens (including phenoxy) is 1. The summed E-state index contributed by atoms with van der Waals surface area (Å²) in [6.45, 7) is 3.81. The third kappa shape index (κ3) is 7.49. The molecule has 0 aromatic rings. The van der Waals surface area contributed by atoms with E-state index in [9.17, 15) is 24.5 Å². The summed E-state index contributed by atoms with van der Waals surface area (Å²) in [7, 11) is 1.17.